The van der Waals surface area contributed by atoms with E-state index in [0.29, 0.717) is 29.8 Å². The summed E-state index contributed by atoms with van der Waals surface area (Å²) in [5, 5.41) is 10.4. The van der Waals surface area contributed by atoms with Gasteiger partial charge in [-0.15, -0.1) is 0 Å². The lowest BCUT2D eigenvalue weighted by Crippen LogP contribution is -2.51. The first-order valence-corrected chi connectivity index (χ1v) is 10.1. The van der Waals surface area contributed by atoms with Crippen molar-refractivity contribution in [2.24, 2.45) is 5.92 Å². The van der Waals surface area contributed by atoms with E-state index in [-0.39, 0.29) is 28.9 Å². The van der Waals surface area contributed by atoms with E-state index in [1.165, 1.54) is 29.9 Å². The molecule has 9 heteroatoms. The van der Waals surface area contributed by atoms with Crippen LogP contribution < -0.4 is 4.90 Å². The quantitative estimate of drug-likeness (QED) is 0.486. The number of aromatic nitrogens is 2. The third kappa shape index (κ3) is 3.98. The van der Waals surface area contributed by atoms with Crippen LogP contribution in [0.3, 0.4) is 0 Å². The first-order chi connectivity index (χ1) is 15.1. The van der Waals surface area contributed by atoms with Crippen LogP contribution in [0.5, 0.6) is 5.75 Å². The minimum atomic E-state index is -0.763. The van der Waals surface area contributed by atoms with E-state index < -0.39 is 17.6 Å². The Hall–Kier alpha value is -3.62. The predicted molar refractivity (Wildman–Crippen MR) is 116 cm³/mol. The molecule has 3 heterocycles. The Morgan fingerprint density at radius 1 is 1.16 bits per heavy atom. The maximum Gasteiger partial charge on any atom is 0.419 e. The van der Waals surface area contributed by atoms with Gasteiger partial charge in [0.25, 0.3) is 0 Å². The van der Waals surface area contributed by atoms with Crippen LogP contribution in [0.2, 0.25) is 0 Å². The number of carbonyl (C=O) groups is 2. The fraction of sp³-hybridized carbons (Fsp3) is 0.348. The molecule has 1 fully saturated rings. The highest BCUT2D eigenvalue weighted by atomic mass is 19.1. The van der Waals surface area contributed by atoms with Crippen LogP contribution in [0, 0.1) is 11.9 Å². The van der Waals surface area contributed by atoms with Gasteiger partial charge in [0, 0.05) is 18.5 Å². The van der Waals surface area contributed by atoms with Crippen LogP contribution in [0.25, 0.3) is 22.2 Å². The molecular weight excluding hydrogens is 417 g/mol. The van der Waals surface area contributed by atoms with E-state index in [2.05, 4.69) is 4.98 Å². The van der Waals surface area contributed by atoms with E-state index in [4.69, 9.17) is 9.47 Å². The maximum absolute atomic E-state index is 15.1. The van der Waals surface area contributed by atoms with Gasteiger partial charge in [-0.3, -0.25) is 4.79 Å². The van der Waals surface area contributed by atoms with Gasteiger partial charge in [0.05, 0.1) is 29.8 Å². The number of hydrogen-bond donors (Lipinski definition) is 1. The van der Waals surface area contributed by atoms with E-state index in [1.807, 2.05) is 0 Å². The molecule has 0 spiro atoms. The van der Waals surface area contributed by atoms with E-state index in [1.54, 1.807) is 43.9 Å². The lowest BCUT2D eigenvalue weighted by Gasteiger charge is -2.38. The predicted octanol–water partition coefficient (Wildman–Crippen LogP) is 3.94. The maximum atomic E-state index is 15.1. The van der Waals surface area contributed by atoms with Crippen molar-refractivity contribution in [1.82, 2.24) is 9.55 Å². The normalized spacial score (nSPS) is 14.3. The number of phenolic OH excluding ortho intramolecular Hbond substituents is 1. The van der Waals surface area contributed by atoms with Crippen molar-refractivity contribution in [3.8, 4) is 17.0 Å². The fourth-order valence-corrected chi connectivity index (χ4v) is 3.68. The average molecular weight is 441 g/mol. The van der Waals surface area contributed by atoms with Crippen molar-refractivity contribution in [2.75, 3.05) is 25.1 Å². The van der Waals surface area contributed by atoms with Gasteiger partial charge in [0.1, 0.15) is 17.2 Å². The molecule has 0 unspecified atom stereocenters. The average Bonchev–Trinajstić information content (AvgIpc) is 3.03. The highest BCUT2D eigenvalue weighted by Gasteiger charge is 2.34. The molecule has 2 aromatic heterocycles. The second-order valence-corrected chi connectivity index (χ2v) is 8.72. The van der Waals surface area contributed by atoms with E-state index in [9.17, 15) is 14.7 Å². The number of aromatic hydroxyl groups is 1. The number of ether oxygens (including phenoxy) is 2. The zero-order valence-corrected chi connectivity index (χ0v) is 18.3. The Bertz CT molecular complexity index is 1210. The Labute approximate surface area is 184 Å². The van der Waals surface area contributed by atoms with Gasteiger partial charge in [-0.1, -0.05) is 0 Å². The molecule has 0 atom stereocenters. The first-order valence-electron chi connectivity index (χ1n) is 10.1. The molecule has 4 rings (SSSR count). The molecule has 0 radical (unpaired) electrons. The summed E-state index contributed by atoms with van der Waals surface area (Å²) in [5.41, 5.74) is 0.0860. The van der Waals surface area contributed by atoms with Crippen LogP contribution >= 0.6 is 0 Å². The number of nitrogens with zero attached hydrogens (tertiary/aromatic N) is 3. The van der Waals surface area contributed by atoms with Gasteiger partial charge in [0.2, 0.25) is 5.95 Å². The summed E-state index contributed by atoms with van der Waals surface area (Å²) in [7, 11) is 1.33. The highest BCUT2D eigenvalue weighted by Crippen LogP contribution is 2.34. The highest BCUT2D eigenvalue weighted by molar-refractivity contribution is 5.96. The summed E-state index contributed by atoms with van der Waals surface area (Å²) in [6.07, 6.45) is -0.666. The second kappa shape index (κ2) is 7.81. The Morgan fingerprint density at radius 3 is 2.50 bits per heavy atom. The molecule has 1 saturated heterocycles. The molecular formula is C23H24FN3O5. The number of esters is 1. The van der Waals surface area contributed by atoms with Crippen molar-refractivity contribution in [3.63, 3.8) is 0 Å². The molecule has 1 aliphatic rings. The molecule has 8 nitrogen and oxygen atoms in total. The number of phenols is 1. The Morgan fingerprint density at radius 2 is 1.88 bits per heavy atom. The van der Waals surface area contributed by atoms with Crippen molar-refractivity contribution in [2.45, 2.75) is 26.4 Å². The zero-order chi connectivity index (χ0) is 23.2. The van der Waals surface area contributed by atoms with Crippen molar-refractivity contribution in [1.29, 1.82) is 0 Å². The van der Waals surface area contributed by atoms with E-state index >= 15 is 4.39 Å². The van der Waals surface area contributed by atoms with Gasteiger partial charge in [-0.05, 0) is 57.2 Å². The van der Waals surface area contributed by atoms with Gasteiger partial charge in [-0.2, -0.15) is 4.39 Å². The summed E-state index contributed by atoms with van der Waals surface area (Å²) >= 11 is 0. The smallest absolute Gasteiger partial charge is 0.419 e. The summed E-state index contributed by atoms with van der Waals surface area (Å²) < 4.78 is 26.6. The minimum Gasteiger partial charge on any atom is -0.508 e. The number of fused-ring (bicyclic) bond motifs is 1. The summed E-state index contributed by atoms with van der Waals surface area (Å²) in [4.78, 5) is 30.4. The van der Waals surface area contributed by atoms with Gasteiger partial charge in [0.15, 0.2) is 0 Å². The number of halogens is 1. The fourth-order valence-electron chi connectivity index (χ4n) is 3.68. The van der Waals surface area contributed by atoms with Crippen LogP contribution in [0.1, 0.15) is 20.8 Å². The monoisotopic (exact) mass is 441 g/mol. The number of carbonyl (C=O) groups excluding carboxylic acids is 2. The SMILES string of the molecule is COC(=O)C1CN(c2ccc(-c3cc4cc(O)ccc4n3C(=O)OC(C)(C)C)c(F)n2)C1. The second-order valence-electron chi connectivity index (χ2n) is 8.72. The molecule has 1 aromatic carbocycles. The number of benzene rings is 1. The molecule has 1 N–H and O–H groups in total. The van der Waals surface area contributed by atoms with Crippen molar-refractivity contribution < 1.29 is 28.6 Å². The molecule has 0 bridgehead atoms. The van der Waals surface area contributed by atoms with Crippen LogP contribution in [-0.4, -0.2) is 52.5 Å². The summed E-state index contributed by atoms with van der Waals surface area (Å²) in [6.45, 7) is 6.03. The lowest BCUT2D eigenvalue weighted by molar-refractivity contribution is -0.146. The van der Waals surface area contributed by atoms with Crippen molar-refractivity contribution in [3.05, 3.63) is 42.3 Å². The Kier molecular flexibility index (Phi) is 5.28. The number of rotatable bonds is 3. The lowest BCUT2D eigenvalue weighted by atomic mass is 10.0. The summed E-state index contributed by atoms with van der Waals surface area (Å²) in [6, 6.07) is 9.30. The van der Waals surface area contributed by atoms with Crippen LogP contribution in [-0.2, 0) is 14.3 Å². The van der Waals surface area contributed by atoms with Crippen LogP contribution in [0.4, 0.5) is 15.0 Å². The molecule has 32 heavy (non-hydrogen) atoms. The number of hydrogen-bond acceptors (Lipinski definition) is 7. The number of anilines is 1. The van der Waals surface area contributed by atoms with Gasteiger partial charge in [-0.25, -0.2) is 14.3 Å². The molecule has 0 aliphatic carbocycles. The minimum absolute atomic E-state index is 0.0253. The topological polar surface area (TPSA) is 93.9 Å². The third-order valence-corrected chi connectivity index (χ3v) is 5.21. The van der Waals surface area contributed by atoms with Gasteiger partial charge >= 0.3 is 12.1 Å². The number of methoxy groups -OCH3 is 1. The van der Waals surface area contributed by atoms with Crippen LogP contribution in [0.15, 0.2) is 36.4 Å². The first kappa shape index (κ1) is 21.6. The molecule has 1 aliphatic heterocycles. The van der Waals surface area contributed by atoms with Crippen molar-refractivity contribution >= 4 is 28.8 Å². The molecule has 0 saturated carbocycles. The largest absolute Gasteiger partial charge is 0.508 e. The zero-order valence-electron chi connectivity index (χ0n) is 18.3. The molecule has 3 aromatic rings. The number of pyridine rings is 1. The standard InChI is InChI=1S/C23H24FN3O5/c1-23(2,3)32-22(30)27-17-7-5-15(28)9-13(17)10-18(27)16-6-8-19(25-20(16)24)26-11-14(12-26)21(29)31-4/h5-10,14,28H,11-12H2,1-4H3. The Balaban J connectivity index is 1.72. The molecule has 0 amide bonds. The third-order valence-electron chi connectivity index (χ3n) is 5.21. The summed E-state index contributed by atoms with van der Waals surface area (Å²) in [5.74, 6) is -0.905. The van der Waals surface area contributed by atoms with E-state index in [0.717, 1.165) is 0 Å². The molecule has 168 valence electrons. The van der Waals surface area contributed by atoms with Gasteiger partial charge < -0.3 is 19.5 Å².